The van der Waals surface area contributed by atoms with Crippen molar-refractivity contribution in [2.24, 2.45) is 11.8 Å². The minimum absolute atomic E-state index is 0.183. The largest absolute Gasteiger partial charge is 0.377 e. The van der Waals surface area contributed by atoms with Crippen LogP contribution in [0.3, 0.4) is 0 Å². The first-order valence-electron chi connectivity index (χ1n) is 6.14. The summed E-state index contributed by atoms with van der Waals surface area (Å²) < 4.78 is 30.7. The number of nitrogens with one attached hydrogen (secondary N) is 1. The monoisotopic (exact) mass is 275 g/mol. The van der Waals surface area contributed by atoms with Crippen LogP contribution in [-0.4, -0.2) is 32.8 Å². The van der Waals surface area contributed by atoms with Crippen molar-refractivity contribution >= 4 is 15.9 Å². The summed E-state index contributed by atoms with van der Waals surface area (Å²) in [4.78, 5) is 12.0. The van der Waals surface area contributed by atoms with E-state index in [1.807, 2.05) is 13.8 Å². The smallest absolute Gasteiger partial charge is 0.239 e. The van der Waals surface area contributed by atoms with E-state index in [1.165, 1.54) is 6.08 Å². The Morgan fingerprint density at radius 3 is 2.78 bits per heavy atom. The van der Waals surface area contributed by atoms with Gasteiger partial charge in [0.15, 0.2) is 0 Å². The van der Waals surface area contributed by atoms with Gasteiger partial charge in [-0.2, -0.15) is 0 Å². The van der Waals surface area contributed by atoms with E-state index in [4.69, 9.17) is 4.74 Å². The Bertz CT molecular complexity index is 402. The highest BCUT2D eigenvalue weighted by Gasteiger charge is 2.35. The quantitative estimate of drug-likeness (QED) is 0.762. The Labute approximate surface area is 109 Å². The fraction of sp³-hybridized carbons (Fsp3) is 0.750. The number of carbonyl (C=O) groups excluding carboxylic acids is 1. The van der Waals surface area contributed by atoms with Gasteiger partial charge < -0.3 is 4.74 Å². The molecule has 0 unspecified atom stereocenters. The SMILES string of the molecule is C=CCS(=O)(=O)NC(=O)[C@H]1CCCO[C@H]1C(C)C. The minimum Gasteiger partial charge on any atom is -0.377 e. The van der Waals surface area contributed by atoms with Gasteiger partial charge in [-0.05, 0) is 18.8 Å². The molecule has 1 N–H and O–H groups in total. The van der Waals surface area contributed by atoms with Crippen molar-refractivity contribution in [1.29, 1.82) is 0 Å². The molecule has 104 valence electrons. The third-order valence-corrected chi connectivity index (χ3v) is 4.14. The second-order valence-corrected chi connectivity index (χ2v) is 6.63. The van der Waals surface area contributed by atoms with Gasteiger partial charge in [-0.1, -0.05) is 19.9 Å². The standard InChI is InChI=1S/C12H21NO4S/c1-4-8-18(15,16)13-12(14)10-6-5-7-17-11(10)9(2)3/h4,9-11H,1,5-8H2,2-3H3,(H,13,14)/t10-,11-/m0/s1. The van der Waals surface area contributed by atoms with E-state index in [1.54, 1.807) is 0 Å². The lowest BCUT2D eigenvalue weighted by molar-refractivity contribution is -0.135. The molecular formula is C12H21NO4S. The average molecular weight is 275 g/mol. The molecule has 0 bridgehead atoms. The molecule has 1 fully saturated rings. The van der Waals surface area contributed by atoms with Crippen LogP contribution >= 0.6 is 0 Å². The van der Waals surface area contributed by atoms with Crippen molar-refractivity contribution in [2.45, 2.75) is 32.8 Å². The second-order valence-electron chi connectivity index (χ2n) is 4.86. The van der Waals surface area contributed by atoms with Gasteiger partial charge in [0.05, 0.1) is 17.8 Å². The van der Waals surface area contributed by atoms with Crippen LogP contribution in [0.25, 0.3) is 0 Å². The summed E-state index contributed by atoms with van der Waals surface area (Å²) in [6.45, 7) is 7.92. The summed E-state index contributed by atoms with van der Waals surface area (Å²) in [5.41, 5.74) is 0. The Kier molecular flexibility index (Phi) is 5.34. The van der Waals surface area contributed by atoms with E-state index in [9.17, 15) is 13.2 Å². The van der Waals surface area contributed by atoms with Crippen LogP contribution in [0.5, 0.6) is 0 Å². The molecule has 0 aromatic heterocycles. The van der Waals surface area contributed by atoms with E-state index in [2.05, 4.69) is 11.3 Å². The van der Waals surface area contributed by atoms with E-state index in [-0.39, 0.29) is 17.8 Å². The van der Waals surface area contributed by atoms with Gasteiger partial charge in [-0.15, -0.1) is 6.58 Å². The summed E-state index contributed by atoms with van der Waals surface area (Å²) in [5, 5.41) is 0. The molecule has 1 aliphatic rings. The maximum absolute atomic E-state index is 12.0. The summed E-state index contributed by atoms with van der Waals surface area (Å²) >= 11 is 0. The molecule has 0 spiro atoms. The van der Waals surface area contributed by atoms with Crippen molar-refractivity contribution in [3.05, 3.63) is 12.7 Å². The Balaban J connectivity index is 2.72. The molecule has 0 aromatic carbocycles. The Morgan fingerprint density at radius 1 is 1.56 bits per heavy atom. The van der Waals surface area contributed by atoms with E-state index < -0.39 is 21.8 Å². The van der Waals surface area contributed by atoms with Crippen LogP contribution in [0.4, 0.5) is 0 Å². The van der Waals surface area contributed by atoms with Crippen LogP contribution in [0.2, 0.25) is 0 Å². The lowest BCUT2D eigenvalue weighted by atomic mass is 9.87. The Morgan fingerprint density at radius 2 is 2.22 bits per heavy atom. The van der Waals surface area contributed by atoms with Crippen molar-refractivity contribution in [2.75, 3.05) is 12.4 Å². The Hall–Kier alpha value is -0.880. The zero-order chi connectivity index (χ0) is 13.8. The number of sulfonamides is 1. The predicted molar refractivity (Wildman–Crippen MR) is 69.4 cm³/mol. The van der Waals surface area contributed by atoms with E-state index in [0.717, 1.165) is 6.42 Å². The summed E-state index contributed by atoms with van der Waals surface area (Å²) in [7, 11) is -3.60. The molecule has 6 heteroatoms. The molecule has 1 heterocycles. The topological polar surface area (TPSA) is 72.5 Å². The van der Waals surface area contributed by atoms with E-state index >= 15 is 0 Å². The minimum atomic E-state index is -3.60. The van der Waals surface area contributed by atoms with Gasteiger partial charge in [0.2, 0.25) is 15.9 Å². The predicted octanol–water partition coefficient (Wildman–Crippen LogP) is 1.07. The molecule has 1 rings (SSSR count). The van der Waals surface area contributed by atoms with Gasteiger partial charge >= 0.3 is 0 Å². The van der Waals surface area contributed by atoms with Crippen molar-refractivity contribution < 1.29 is 17.9 Å². The van der Waals surface area contributed by atoms with Crippen molar-refractivity contribution in [3.8, 4) is 0 Å². The highest BCUT2D eigenvalue weighted by molar-refractivity contribution is 7.90. The van der Waals surface area contributed by atoms with Gasteiger partial charge in [-0.3, -0.25) is 9.52 Å². The van der Waals surface area contributed by atoms with E-state index in [0.29, 0.717) is 13.0 Å². The van der Waals surface area contributed by atoms with Crippen molar-refractivity contribution in [3.63, 3.8) is 0 Å². The fourth-order valence-corrected chi connectivity index (χ4v) is 3.02. The van der Waals surface area contributed by atoms with Crippen LogP contribution in [0, 0.1) is 11.8 Å². The number of hydrogen-bond acceptors (Lipinski definition) is 4. The lowest BCUT2D eigenvalue weighted by Gasteiger charge is -2.33. The first-order valence-corrected chi connectivity index (χ1v) is 7.79. The van der Waals surface area contributed by atoms with Crippen LogP contribution in [0.15, 0.2) is 12.7 Å². The van der Waals surface area contributed by atoms with Crippen LogP contribution < -0.4 is 4.72 Å². The summed E-state index contributed by atoms with van der Waals surface area (Å²) in [6.07, 6.45) is 2.49. The highest BCUT2D eigenvalue weighted by atomic mass is 32.2. The van der Waals surface area contributed by atoms with Gasteiger partial charge in [0, 0.05) is 6.61 Å². The number of ether oxygens (including phenoxy) is 1. The van der Waals surface area contributed by atoms with Crippen molar-refractivity contribution in [1.82, 2.24) is 4.72 Å². The maximum atomic E-state index is 12.0. The first kappa shape index (κ1) is 15.2. The molecular weight excluding hydrogens is 254 g/mol. The molecule has 1 amide bonds. The normalized spacial score (nSPS) is 24.8. The molecule has 5 nitrogen and oxygen atoms in total. The molecule has 0 aromatic rings. The fourth-order valence-electron chi connectivity index (χ4n) is 2.17. The maximum Gasteiger partial charge on any atom is 0.239 e. The van der Waals surface area contributed by atoms with Gasteiger partial charge in [-0.25, -0.2) is 8.42 Å². The molecule has 0 saturated carbocycles. The third kappa shape index (κ3) is 4.10. The van der Waals surface area contributed by atoms with Crippen LogP contribution in [-0.2, 0) is 19.6 Å². The first-order chi connectivity index (χ1) is 8.37. The molecule has 0 radical (unpaired) electrons. The summed E-state index contributed by atoms with van der Waals surface area (Å²) in [6, 6.07) is 0. The molecule has 1 saturated heterocycles. The molecule has 0 aliphatic carbocycles. The highest BCUT2D eigenvalue weighted by Crippen LogP contribution is 2.26. The number of carbonyl (C=O) groups is 1. The number of rotatable bonds is 5. The zero-order valence-electron chi connectivity index (χ0n) is 10.9. The third-order valence-electron chi connectivity index (χ3n) is 2.95. The molecule has 1 aliphatic heterocycles. The van der Waals surface area contributed by atoms with Gasteiger partial charge in [0.1, 0.15) is 0 Å². The second kappa shape index (κ2) is 6.33. The van der Waals surface area contributed by atoms with Gasteiger partial charge in [0.25, 0.3) is 0 Å². The average Bonchev–Trinajstić information content (AvgIpc) is 2.28. The lowest BCUT2D eigenvalue weighted by Crippen LogP contribution is -2.46. The number of amides is 1. The summed E-state index contributed by atoms with van der Waals surface area (Å²) in [5.74, 6) is -0.921. The molecule has 18 heavy (non-hydrogen) atoms. The molecule has 2 atom stereocenters. The zero-order valence-corrected chi connectivity index (χ0v) is 11.7. The number of hydrogen-bond donors (Lipinski definition) is 1. The van der Waals surface area contributed by atoms with Crippen LogP contribution in [0.1, 0.15) is 26.7 Å².